The summed E-state index contributed by atoms with van der Waals surface area (Å²) in [7, 11) is -3.75. The monoisotopic (exact) mass is 669 g/mol. The highest BCUT2D eigenvalue weighted by molar-refractivity contribution is 9.10. The predicted octanol–water partition coefficient (Wildman–Crippen LogP) is 5.50. The Morgan fingerprint density at radius 3 is 2.24 bits per heavy atom. The number of hydrogen-bond donors (Lipinski definition) is 0. The number of halogens is 2. The number of amides is 2. The van der Waals surface area contributed by atoms with E-state index < -0.39 is 9.84 Å². The number of hydrogen-bond acceptors (Lipinski definition) is 5. The van der Waals surface area contributed by atoms with E-state index >= 15 is 0 Å². The predicted molar refractivity (Wildman–Crippen MR) is 167 cm³/mol. The van der Waals surface area contributed by atoms with Gasteiger partial charge in [0.05, 0.1) is 16.7 Å². The van der Waals surface area contributed by atoms with Crippen LogP contribution in [0.15, 0.2) is 76.1 Å². The maximum absolute atomic E-state index is 13.4. The Morgan fingerprint density at radius 2 is 1.57 bits per heavy atom. The lowest BCUT2D eigenvalue weighted by Crippen LogP contribution is -2.50. The lowest BCUT2D eigenvalue weighted by molar-refractivity contribution is -0.132. The lowest BCUT2D eigenvalue weighted by atomic mass is 9.96. The van der Waals surface area contributed by atoms with Crippen molar-refractivity contribution in [1.29, 1.82) is 0 Å². The van der Waals surface area contributed by atoms with Gasteiger partial charge in [0.15, 0.2) is 9.84 Å². The Balaban J connectivity index is 1.10. The zero-order chi connectivity index (χ0) is 29.4. The molecule has 2 aliphatic heterocycles. The van der Waals surface area contributed by atoms with E-state index in [0.29, 0.717) is 54.3 Å². The number of sulfone groups is 1. The first-order chi connectivity index (χ1) is 20.2. The van der Waals surface area contributed by atoms with Gasteiger partial charge in [-0.2, -0.15) is 0 Å². The van der Waals surface area contributed by atoms with Crippen molar-refractivity contribution in [3.05, 3.63) is 92.9 Å². The highest BCUT2D eigenvalue weighted by Crippen LogP contribution is 2.40. The third kappa shape index (κ3) is 6.16. The van der Waals surface area contributed by atoms with Crippen LogP contribution < -0.4 is 4.90 Å². The number of nitrogens with zero attached hydrogens (tertiary/aromatic N) is 3. The van der Waals surface area contributed by atoms with Crippen molar-refractivity contribution in [3.63, 3.8) is 0 Å². The molecule has 2 heterocycles. The Labute approximate surface area is 260 Å². The van der Waals surface area contributed by atoms with Crippen molar-refractivity contribution in [2.75, 3.05) is 43.4 Å². The van der Waals surface area contributed by atoms with E-state index in [0.717, 1.165) is 24.0 Å². The Hall–Kier alpha value is -2.72. The molecule has 0 unspecified atom stereocenters. The van der Waals surface area contributed by atoms with Gasteiger partial charge in [0.25, 0.3) is 0 Å². The van der Waals surface area contributed by atoms with Crippen molar-refractivity contribution < 1.29 is 18.0 Å². The highest BCUT2D eigenvalue weighted by atomic mass is 79.9. The molecule has 7 nitrogen and oxygen atoms in total. The van der Waals surface area contributed by atoms with E-state index in [1.165, 1.54) is 5.56 Å². The average molecular weight is 671 g/mol. The van der Waals surface area contributed by atoms with Crippen LogP contribution in [-0.4, -0.2) is 68.5 Å². The molecule has 3 aromatic rings. The summed E-state index contributed by atoms with van der Waals surface area (Å²) in [5.41, 5.74) is 3.96. The molecule has 42 heavy (non-hydrogen) atoms. The highest BCUT2D eigenvalue weighted by Gasteiger charge is 2.37. The molecule has 0 radical (unpaired) electrons. The quantitative estimate of drug-likeness (QED) is 0.317. The number of piperazine rings is 1. The molecule has 1 atom stereocenters. The largest absolute Gasteiger partial charge is 0.340 e. The van der Waals surface area contributed by atoms with Gasteiger partial charge in [-0.3, -0.25) is 14.5 Å². The molecule has 0 bridgehead atoms. The van der Waals surface area contributed by atoms with Crippen LogP contribution in [0.4, 0.5) is 5.69 Å². The number of anilines is 1. The minimum atomic E-state index is -3.75. The minimum absolute atomic E-state index is 0.0321. The molecule has 0 aromatic heterocycles. The van der Waals surface area contributed by atoms with Gasteiger partial charge in [-0.1, -0.05) is 54.1 Å². The number of rotatable bonds is 8. The topological polar surface area (TPSA) is 78.0 Å². The summed E-state index contributed by atoms with van der Waals surface area (Å²) in [5.74, 6) is -0.299. The van der Waals surface area contributed by atoms with E-state index in [2.05, 4.69) is 33.0 Å². The first kappa shape index (κ1) is 29.4. The summed E-state index contributed by atoms with van der Waals surface area (Å²) in [6, 6.07) is 21.6. The van der Waals surface area contributed by atoms with E-state index in [9.17, 15) is 18.0 Å². The van der Waals surface area contributed by atoms with Gasteiger partial charge in [0.2, 0.25) is 11.8 Å². The molecular weight excluding hydrogens is 638 g/mol. The number of carbonyl (C=O) groups is 2. The fourth-order valence-electron chi connectivity index (χ4n) is 6.02. The maximum Gasteiger partial charge on any atom is 0.230 e. The Bertz CT molecular complexity index is 1590. The number of benzene rings is 3. The summed E-state index contributed by atoms with van der Waals surface area (Å²) in [5, 5.41) is 0.687. The van der Waals surface area contributed by atoms with Gasteiger partial charge in [-0.25, -0.2) is 8.42 Å². The fourth-order valence-corrected chi connectivity index (χ4v) is 8.59. The molecular formula is C32H33BrClN3O4S. The van der Waals surface area contributed by atoms with Crippen molar-refractivity contribution in [3.8, 4) is 0 Å². The van der Waals surface area contributed by atoms with Crippen molar-refractivity contribution in [1.82, 2.24) is 9.80 Å². The van der Waals surface area contributed by atoms with Crippen LogP contribution >= 0.6 is 27.5 Å². The van der Waals surface area contributed by atoms with Crippen LogP contribution in [0.3, 0.4) is 0 Å². The molecule has 3 aromatic carbocycles. The van der Waals surface area contributed by atoms with Gasteiger partial charge < -0.3 is 9.80 Å². The van der Waals surface area contributed by atoms with Crippen LogP contribution in [0.1, 0.15) is 42.0 Å². The van der Waals surface area contributed by atoms with Crippen molar-refractivity contribution in [2.24, 2.45) is 5.92 Å². The van der Waals surface area contributed by atoms with Crippen molar-refractivity contribution in [2.45, 2.75) is 36.6 Å². The second kappa shape index (κ2) is 12.1. The maximum atomic E-state index is 13.4. The third-order valence-corrected chi connectivity index (χ3v) is 11.4. The van der Waals surface area contributed by atoms with Crippen LogP contribution in [0.5, 0.6) is 0 Å². The van der Waals surface area contributed by atoms with Crippen molar-refractivity contribution >= 4 is 54.9 Å². The van der Waals surface area contributed by atoms with Crippen LogP contribution in [0, 0.1) is 5.92 Å². The lowest BCUT2D eigenvalue weighted by Gasteiger charge is -2.40. The molecule has 220 valence electrons. The zero-order valence-electron chi connectivity index (χ0n) is 23.2. The summed E-state index contributed by atoms with van der Waals surface area (Å²) >= 11 is 9.59. The molecule has 1 saturated carbocycles. The number of carbonyl (C=O) groups excluding carboxylic acids is 2. The first-order valence-corrected chi connectivity index (χ1v) is 17.2. The van der Waals surface area contributed by atoms with E-state index in [1.54, 1.807) is 15.9 Å². The van der Waals surface area contributed by atoms with E-state index in [1.807, 2.05) is 48.5 Å². The molecule has 1 saturated heterocycles. The molecule has 0 N–H and O–H groups in total. The molecule has 2 amide bonds. The van der Waals surface area contributed by atoms with Gasteiger partial charge >= 0.3 is 0 Å². The second-order valence-corrected chi connectivity index (χ2v) is 14.6. The smallest absolute Gasteiger partial charge is 0.230 e. The third-order valence-electron chi connectivity index (χ3n) is 8.47. The van der Waals surface area contributed by atoms with Crippen LogP contribution in [-0.2, 0) is 25.8 Å². The normalized spacial score (nSPS) is 18.1. The molecule has 0 spiro atoms. The molecule has 6 rings (SSSR count). The summed E-state index contributed by atoms with van der Waals surface area (Å²) in [6.45, 7) is 2.96. The van der Waals surface area contributed by atoms with Gasteiger partial charge in [-0.05, 0) is 76.1 Å². The second-order valence-electron chi connectivity index (χ2n) is 11.3. The van der Waals surface area contributed by atoms with Gasteiger partial charge in [-0.15, -0.1) is 0 Å². The molecule has 10 heteroatoms. The van der Waals surface area contributed by atoms with E-state index in [-0.39, 0.29) is 40.8 Å². The average Bonchev–Trinajstić information content (AvgIpc) is 3.77. The minimum Gasteiger partial charge on any atom is -0.340 e. The number of fused-ring (bicyclic) bond motifs is 1. The SMILES string of the molecule is O=C(CCS(=O)(=O)c1cc2c(cc1Br)CCN2C(=O)C1CC1)N1CCN([C@H](c2ccccc2)c2ccc(Cl)cc2)CC1. The Morgan fingerprint density at radius 1 is 0.905 bits per heavy atom. The van der Waals surface area contributed by atoms with Crippen LogP contribution in [0.25, 0.3) is 0 Å². The summed E-state index contributed by atoms with van der Waals surface area (Å²) in [6.07, 6.45) is 2.42. The molecule has 2 fully saturated rings. The molecule has 3 aliphatic rings. The fraction of sp³-hybridized carbons (Fsp3) is 0.375. The van der Waals surface area contributed by atoms with E-state index in [4.69, 9.17) is 11.6 Å². The first-order valence-electron chi connectivity index (χ1n) is 14.4. The standard InChI is InChI=1S/C32H33BrClN3O4S/c33-27-20-25-12-14-37(32(39)24-6-7-24)28(25)21-29(27)42(40,41)19-13-30(38)35-15-17-36(18-16-35)31(22-4-2-1-3-5-22)23-8-10-26(34)11-9-23/h1-5,8-11,20-21,24,31H,6-7,12-19H2/t31-/m1/s1. The summed E-state index contributed by atoms with van der Waals surface area (Å²) in [4.78, 5) is 31.9. The Kier molecular flexibility index (Phi) is 8.46. The zero-order valence-corrected chi connectivity index (χ0v) is 26.4. The molecule has 1 aliphatic carbocycles. The summed E-state index contributed by atoms with van der Waals surface area (Å²) < 4.78 is 27.3. The van der Waals surface area contributed by atoms with Crippen LogP contribution in [0.2, 0.25) is 5.02 Å². The van der Waals surface area contributed by atoms with Gasteiger partial charge in [0, 0.05) is 60.2 Å². The van der Waals surface area contributed by atoms with Gasteiger partial charge in [0.1, 0.15) is 0 Å².